The Labute approximate surface area is 117 Å². The fraction of sp³-hybridized carbons (Fsp3) is 0.412. The van der Waals surface area contributed by atoms with Crippen molar-refractivity contribution in [3.8, 4) is 0 Å². The van der Waals surface area contributed by atoms with Crippen LogP contribution in [0.25, 0.3) is 10.8 Å². The predicted octanol–water partition coefficient (Wildman–Crippen LogP) is 4.71. The van der Waals surface area contributed by atoms with Gasteiger partial charge in [-0.2, -0.15) is 0 Å². The number of fused-ring (bicyclic) bond motifs is 3. The van der Waals surface area contributed by atoms with E-state index in [1.54, 1.807) is 0 Å². The van der Waals surface area contributed by atoms with Crippen LogP contribution in [-0.2, 0) is 6.42 Å². The summed E-state index contributed by atoms with van der Waals surface area (Å²) >= 11 is 0. The molecule has 99 valence electrons. The summed E-state index contributed by atoms with van der Waals surface area (Å²) in [5.41, 5.74) is 3.82. The van der Waals surface area contributed by atoms with Gasteiger partial charge in [0, 0.05) is 17.6 Å². The van der Waals surface area contributed by atoms with E-state index in [1.165, 1.54) is 47.1 Å². The molecule has 0 bridgehead atoms. The summed E-state index contributed by atoms with van der Waals surface area (Å²) in [5, 5.41) is 6.47. The van der Waals surface area contributed by atoms with Crippen molar-refractivity contribution in [2.45, 2.75) is 37.9 Å². The third kappa shape index (κ3) is 2.30. The Morgan fingerprint density at radius 1 is 1.11 bits per heavy atom. The van der Waals surface area contributed by atoms with Crippen molar-refractivity contribution in [3.63, 3.8) is 0 Å². The number of hydrogen-bond donors (Lipinski definition) is 1. The first-order chi connectivity index (χ1) is 9.33. The van der Waals surface area contributed by atoms with Crippen LogP contribution < -0.4 is 5.32 Å². The molecular formula is C17H22NSi. The molecule has 19 heavy (non-hydrogen) atoms. The standard InChI is InChI=1S/C17H22NSi/c1-3-19(4-2)15-11-14-10-9-13-7-5-6-8-16(13)17(14)18-12-15/h5-10,15,18H,3-4,11-12H2,1-2H3. The average Bonchev–Trinajstić information content (AvgIpc) is 2.48. The normalized spacial score (nSPS) is 18.4. The maximum atomic E-state index is 3.73. The van der Waals surface area contributed by atoms with E-state index in [-0.39, 0.29) is 8.80 Å². The third-order valence-electron chi connectivity index (χ3n) is 4.49. The van der Waals surface area contributed by atoms with Crippen molar-refractivity contribution in [1.82, 2.24) is 0 Å². The van der Waals surface area contributed by atoms with Crippen molar-refractivity contribution < 1.29 is 0 Å². The maximum absolute atomic E-state index is 3.73. The summed E-state index contributed by atoms with van der Waals surface area (Å²) in [7, 11) is -0.181. The van der Waals surface area contributed by atoms with E-state index < -0.39 is 0 Å². The molecule has 0 spiro atoms. The topological polar surface area (TPSA) is 12.0 Å². The molecule has 2 aromatic rings. The van der Waals surface area contributed by atoms with Crippen molar-refractivity contribution in [2.24, 2.45) is 0 Å². The van der Waals surface area contributed by atoms with Crippen molar-refractivity contribution >= 4 is 25.3 Å². The van der Waals surface area contributed by atoms with Crippen LogP contribution in [0.5, 0.6) is 0 Å². The molecule has 2 heteroatoms. The van der Waals surface area contributed by atoms with Crippen LogP contribution in [0.3, 0.4) is 0 Å². The molecule has 1 unspecified atom stereocenters. The van der Waals surface area contributed by atoms with E-state index in [4.69, 9.17) is 0 Å². The summed E-state index contributed by atoms with van der Waals surface area (Å²) in [6.07, 6.45) is 1.28. The summed E-state index contributed by atoms with van der Waals surface area (Å²) in [4.78, 5) is 0. The van der Waals surface area contributed by atoms with Crippen LogP contribution >= 0.6 is 0 Å². The van der Waals surface area contributed by atoms with Gasteiger partial charge in [0.1, 0.15) is 0 Å². The molecule has 1 aliphatic heterocycles. The largest absolute Gasteiger partial charge is 0.384 e. The molecule has 3 rings (SSSR count). The predicted molar refractivity (Wildman–Crippen MR) is 86.6 cm³/mol. The van der Waals surface area contributed by atoms with E-state index in [0.717, 1.165) is 5.54 Å². The molecule has 0 aromatic heterocycles. The molecule has 2 aromatic carbocycles. The number of rotatable bonds is 3. The zero-order valence-electron chi connectivity index (χ0n) is 11.9. The minimum atomic E-state index is -0.181. The second-order valence-electron chi connectivity index (χ2n) is 5.47. The molecule has 1 atom stereocenters. The van der Waals surface area contributed by atoms with Crippen LogP contribution in [-0.4, -0.2) is 15.3 Å². The van der Waals surface area contributed by atoms with E-state index in [0.29, 0.717) is 0 Å². The summed E-state index contributed by atoms with van der Waals surface area (Å²) in [6, 6.07) is 16.1. The molecule has 1 N–H and O–H groups in total. The lowest BCUT2D eigenvalue weighted by Gasteiger charge is -2.31. The quantitative estimate of drug-likeness (QED) is 0.795. The van der Waals surface area contributed by atoms with Crippen molar-refractivity contribution in [3.05, 3.63) is 42.0 Å². The lowest BCUT2D eigenvalue weighted by Crippen LogP contribution is -2.30. The lowest BCUT2D eigenvalue weighted by molar-refractivity contribution is 0.798. The maximum Gasteiger partial charge on any atom is 0.0530 e. The molecule has 0 amide bonds. The van der Waals surface area contributed by atoms with E-state index in [1.807, 2.05) is 0 Å². The highest BCUT2D eigenvalue weighted by atomic mass is 28.3. The van der Waals surface area contributed by atoms with Crippen LogP contribution in [0, 0.1) is 0 Å². The molecule has 0 aliphatic carbocycles. The second kappa shape index (κ2) is 5.38. The minimum Gasteiger partial charge on any atom is -0.384 e. The van der Waals surface area contributed by atoms with E-state index >= 15 is 0 Å². The Hall–Kier alpha value is -1.28. The summed E-state index contributed by atoms with van der Waals surface area (Å²) in [6.45, 7) is 5.92. The highest BCUT2D eigenvalue weighted by Gasteiger charge is 2.25. The fourth-order valence-electron chi connectivity index (χ4n) is 3.37. The number of benzene rings is 2. The van der Waals surface area contributed by atoms with Gasteiger partial charge < -0.3 is 5.32 Å². The Morgan fingerprint density at radius 3 is 2.68 bits per heavy atom. The molecular weight excluding hydrogens is 246 g/mol. The Morgan fingerprint density at radius 2 is 1.89 bits per heavy atom. The monoisotopic (exact) mass is 268 g/mol. The first-order valence-electron chi connectivity index (χ1n) is 7.42. The van der Waals surface area contributed by atoms with Crippen molar-refractivity contribution in [2.75, 3.05) is 11.9 Å². The van der Waals surface area contributed by atoms with Crippen LogP contribution in [0.2, 0.25) is 17.6 Å². The van der Waals surface area contributed by atoms with Gasteiger partial charge in [-0.1, -0.05) is 62.3 Å². The molecule has 0 saturated carbocycles. The molecule has 1 heterocycles. The van der Waals surface area contributed by atoms with Gasteiger partial charge in [0.05, 0.1) is 8.80 Å². The lowest BCUT2D eigenvalue weighted by atomic mass is 9.97. The molecule has 1 nitrogen and oxygen atoms in total. The van der Waals surface area contributed by atoms with Gasteiger partial charge in [0.2, 0.25) is 0 Å². The highest BCUT2D eigenvalue weighted by molar-refractivity contribution is 6.60. The van der Waals surface area contributed by atoms with Gasteiger partial charge in [-0.3, -0.25) is 0 Å². The first-order valence-corrected chi connectivity index (χ1v) is 9.41. The van der Waals surface area contributed by atoms with Crippen LogP contribution in [0.4, 0.5) is 5.69 Å². The van der Waals surface area contributed by atoms with Crippen LogP contribution in [0.1, 0.15) is 19.4 Å². The first kappa shape index (κ1) is 12.7. The highest BCUT2D eigenvalue weighted by Crippen LogP contribution is 2.36. The van der Waals surface area contributed by atoms with Gasteiger partial charge in [-0.05, 0) is 22.9 Å². The number of nitrogens with one attached hydrogen (secondary N) is 1. The van der Waals surface area contributed by atoms with E-state index in [9.17, 15) is 0 Å². The van der Waals surface area contributed by atoms with Gasteiger partial charge in [-0.15, -0.1) is 0 Å². The molecule has 0 fully saturated rings. The van der Waals surface area contributed by atoms with Crippen LogP contribution in [0.15, 0.2) is 36.4 Å². The van der Waals surface area contributed by atoms with Gasteiger partial charge in [-0.25, -0.2) is 0 Å². The third-order valence-corrected chi connectivity index (χ3v) is 7.87. The smallest absolute Gasteiger partial charge is 0.0530 e. The zero-order valence-corrected chi connectivity index (χ0v) is 12.9. The second-order valence-corrected chi connectivity index (χ2v) is 9.02. The fourth-order valence-corrected chi connectivity index (χ4v) is 5.93. The minimum absolute atomic E-state index is 0.181. The van der Waals surface area contributed by atoms with Gasteiger partial charge >= 0.3 is 0 Å². The van der Waals surface area contributed by atoms with Gasteiger partial charge in [0.15, 0.2) is 0 Å². The Bertz CT molecular complexity index is 574. The molecule has 1 radical (unpaired) electrons. The van der Waals surface area contributed by atoms with Crippen molar-refractivity contribution in [1.29, 1.82) is 0 Å². The molecule has 0 saturated heterocycles. The summed E-state index contributed by atoms with van der Waals surface area (Å²) < 4.78 is 0. The average molecular weight is 268 g/mol. The number of hydrogen-bond acceptors (Lipinski definition) is 1. The number of anilines is 1. The van der Waals surface area contributed by atoms with Gasteiger partial charge in [0.25, 0.3) is 0 Å². The Balaban J connectivity index is 1.96. The summed E-state index contributed by atoms with van der Waals surface area (Å²) in [5.74, 6) is 0. The Kier molecular flexibility index (Phi) is 3.60. The van der Waals surface area contributed by atoms with E-state index in [2.05, 4.69) is 55.6 Å². The zero-order chi connectivity index (χ0) is 13.2. The molecule has 1 aliphatic rings. The SMILES string of the molecule is CC[Si](CC)C1CNc2c(ccc3ccccc23)C1.